The van der Waals surface area contributed by atoms with Gasteiger partial charge in [-0.2, -0.15) is 0 Å². The van der Waals surface area contributed by atoms with Gasteiger partial charge in [-0.25, -0.2) is 0 Å². The summed E-state index contributed by atoms with van der Waals surface area (Å²) in [5, 5.41) is 1.48. The molecular formula is C50H72Br3OP. The molecule has 304 valence electrons. The zero-order valence-electron chi connectivity index (χ0n) is 34.8. The van der Waals surface area contributed by atoms with Crippen LogP contribution >= 0.6 is 49.1 Å². The van der Waals surface area contributed by atoms with E-state index in [1.165, 1.54) is 112 Å². The van der Waals surface area contributed by atoms with Gasteiger partial charge in [0.15, 0.2) is 0 Å². The van der Waals surface area contributed by atoms with Gasteiger partial charge in [0.1, 0.15) is 6.29 Å². The van der Waals surface area contributed by atoms with Crippen LogP contribution < -0.4 is 15.9 Å². The van der Waals surface area contributed by atoms with E-state index in [4.69, 9.17) is 0 Å². The fraction of sp³-hybridized carbons (Fsp3) is 0.580. The summed E-state index contributed by atoms with van der Waals surface area (Å²) >= 11 is 9.74. The first kappa shape index (κ1) is 46.6. The van der Waals surface area contributed by atoms with Gasteiger partial charge in [0.2, 0.25) is 0 Å². The van der Waals surface area contributed by atoms with Crippen LogP contribution in [0.1, 0.15) is 130 Å². The van der Waals surface area contributed by atoms with E-state index in [1.54, 1.807) is 0 Å². The van der Waals surface area contributed by atoms with E-state index >= 15 is 0 Å². The predicted octanol–water partition coefficient (Wildman–Crippen LogP) is 15.6. The molecule has 0 aliphatic heterocycles. The first-order valence-corrected chi connectivity index (χ1v) is 29.9. The van der Waals surface area contributed by atoms with Crippen molar-refractivity contribution >= 4 is 71.3 Å². The Bertz CT molecular complexity index is 1370. The van der Waals surface area contributed by atoms with Crippen molar-refractivity contribution in [2.24, 2.45) is 46.3 Å². The minimum atomic E-state index is -2.56. The van der Waals surface area contributed by atoms with Crippen molar-refractivity contribution in [1.82, 2.24) is 0 Å². The van der Waals surface area contributed by atoms with Crippen molar-refractivity contribution < 1.29 is 4.79 Å². The van der Waals surface area contributed by atoms with Crippen molar-refractivity contribution in [1.29, 1.82) is 0 Å². The summed E-state index contributed by atoms with van der Waals surface area (Å²) in [6.07, 6.45) is 25.7. The standard InChI is InChI=1S/C19H18BrP.C16H28.C15H26O.Br2/c1-21(20,17-11-5-2-6-12-17,18-13-7-3-8-14-18)19-15-9-4-10-16-19;1-4-16(3)11-9-15(10-12-16)14-7-5-13(2)6-8-14;1-12-3-5-13(6-4-12)14-7-9-15(2,11-16)10-8-14;1-2/h2-16H,1H3;4,13-15H,1,5-12H2,2-3H3;11-14H,3-10H2,1-2H3;. The molecule has 3 aromatic rings. The van der Waals surface area contributed by atoms with Gasteiger partial charge in [0, 0.05) is 33.7 Å². The van der Waals surface area contributed by atoms with Crippen molar-refractivity contribution in [2.45, 2.75) is 130 Å². The number of aldehydes is 1. The molecule has 3 aromatic carbocycles. The topological polar surface area (TPSA) is 17.1 Å². The van der Waals surface area contributed by atoms with Crippen LogP contribution in [0.25, 0.3) is 0 Å². The fourth-order valence-corrected chi connectivity index (χ4v) is 15.8. The van der Waals surface area contributed by atoms with Gasteiger partial charge < -0.3 is 4.79 Å². The quantitative estimate of drug-likeness (QED) is 0.131. The Kier molecular flexibility index (Phi) is 18.5. The van der Waals surface area contributed by atoms with Gasteiger partial charge in [-0.3, -0.25) is 0 Å². The van der Waals surface area contributed by atoms with Crippen molar-refractivity contribution in [3.63, 3.8) is 0 Å². The Balaban J connectivity index is 0.000000182. The third kappa shape index (κ3) is 12.5. The maximum absolute atomic E-state index is 11.0. The summed E-state index contributed by atoms with van der Waals surface area (Å²) in [5.41, 5.74) is 0.469. The normalized spacial score (nSPS) is 31.5. The van der Waals surface area contributed by atoms with Crippen LogP contribution in [0.4, 0.5) is 0 Å². The van der Waals surface area contributed by atoms with Crippen LogP contribution in [-0.2, 0) is 4.79 Å². The summed E-state index contributed by atoms with van der Waals surface area (Å²) in [5.74, 6) is 5.97. The number of benzene rings is 3. The van der Waals surface area contributed by atoms with E-state index in [9.17, 15) is 4.79 Å². The third-order valence-electron chi connectivity index (χ3n) is 14.7. The van der Waals surface area contributed by atoms with Crippen molar-refractivity contribution in [2.75, 3.05) is 6.66 Å². The molecule has 4 fully saturated rings. The van der Waals surface area contributed by atoms with E-state index in [-0.39, 0.29) is 5.41 Å². The molecule has 0 saturated heterocycles. The van der Waals surface area contributed by atoms with Crippen LogP contribution in [0.3, 0.4) is 0 Å². The van der Waals surface area contributed by atoms with Gasteiger partial charge in [0.05, 0.1) is 0 Å². The van der Waals surface area contributed by atoms with Gasteiger partial charge in [-0.15, -0.1) is 6.58 Å². The van der Waals surface area contributed by atoms with Gasteiger partial charge in [-0.05, 0) is 118 Å². The number of halogens is 3. The summed E-state index contributed by atoms with van der Waals surface area (Å²) in [4.78, 5) is 11.0. The summed E-state index contributed by atoms with van der Waals surface area (Å²) < 4.78 is 0. The predicted molar refractivity (Wildman–Crippen MR) is 256 cm³/mol. The molecule has 7 rings (SSSR count). The maximum atomic E-state index is 11.0. The van der Waals surface area contributed by atoms with Crippen LogP contribution in [-0.4, -0.2) is 13.0 Å². The first-order valence-electron chi connectivity index (χ1n) is 21.5. The molecule has 0 amide bonds. The van der Waals surface area contributed by atoms with E-state index in [0.717, 1.165) is 48.3 Å². The zero-order valence-corrected chi connectivity index (χ0v) is 40.4. The molecular weight excluding hydrogens is 887 g/mol. The van der Waals surface area contributed by atoms with Crippen LogP contribution in [0.5, 0.6) is 0 Å². The molecule has 4 aliphatic rings. The van der Waals surface area contributed by atoms with Crippen LogP contribution in [0.2, 0.25) is 0 Å². The van der Waals surface area contributed by atoms with E-state index in [1.807, 2.05) is 0 Å². The Morgan fingerprint density at radius 2 is 0.800 bits per heavy atom. The molecule has 0 aromatic heterocycles. The molecule has 0 spiro atoms. The number of carbonyl (C=O) groups excluding carboxylic acids is 1. The number of rotatable bonds is 7. The molecule has 0 N–H and O–H groups in total. The van der Waals surface area contributed by atoms with Crippen molar-refractivity contribution in [3.8, 4) is 0 Å². The SMILES string of the molecule is BrBr.C=CC1(C)CCC(C2CCC(C)CC2)CC1.CC1CCC(C2CCC(C)(C=O)CC2)CC1.CP(Br)(c1ccccc1)(c1ccccc1)c1ccccc1. The second-order valence-corrected chi connectivity index (χ2v) is 28.5. The minimum absolute atomic E-state index is 0.0124. The molecule has 0 bridgehead atoms. The van der Waals surface area contributed by atoms with Gasteiger partial charge in [-0.1, -0.05) is 59.5 Å². The van der Waals surface area contributed by atoms with E-state index in [2.05, 4.69) is 182 Å². The van der Waals surface area contributed by atoms with Gasteiger partial charge >= 0.3 is 134 Å². The number of allylic oxidation sites excluding steroid dienone is 1. The van der Waals surface area contributed by atoms with Crippen molar-refractivity contribution in [3.05, 3.63) is 104 Å². The summed E-state index contributed by atoms with van der Waals surface area (Å²) in [6.45, 7) is 15.7. The van der Waals surface area contributed by atoms with Crippen LogP contribution in [0.15, 0.2) is 104 Å². The molecule has 0 heterocycles. The monoisotopic (exact) mass is 956 g/mol. The summed E-state index contributed by atoms with van der Waals surface area (Å²) in [7, 11) is 0. The second-order valence-electron chi connectivity index (χ2n) is 18.8. The fourth-order valence-electron chi connectivity index (χ4n) is 10.2. The van der Waals surface area contributed by atoms with E-state index in [0.29, 0.717) is 5.41 Å². The van der Waals surface area contributed by atoms with Gasteiger partial charge in [0.25, 0.3) is 0 Å². The molecule has 5 heteroatoms. The summed E-state index contributed by atoms with van der Waals surface area (Å²) in [6, 6.07) is 32.3. The first-order chi connectivity index (χ1) is 26.4. The molecule has 0 atom stereocenters. The number of hydrogen-bond donors (Lipinski definition) is 0. The molecule has 55 heavy (non-hydrogen) atoms. The Morgan fingerprint density at radius 1 is 0.527 bits per heavy atom. The molecule has 0 radical (unpaired) electrons. The average Bonchev–Trinajstić information content (AvgIpc) is 3.24. The molecule has 1 nitrogen and oxygen atoms in total. The molecule has 4 saturated carbocycles. The number of carbonyl (C=O) groups is 1. The molecule has 0 unspecified atom stereocenters. The molecule has 4 aliphatic carbocycles. The van der Waals surface area contributed by atoms with E-state index < -0.39 is 5.31 Å². The Labute approximate surface area is 360 Å². The third-order valence-corrected chi connectivity index (χ3v) is 23.0. The average molecular weight is 960 g/mol. The zero-order chi connectivity index (χ0) is 40.0. The Morgan fingerprint density at radius 3 is 1.07 bits per heavy atom. The Hall–Kier alpha value is -1.06. The second kappa shape index (κ2) is 21.8. The van der Waals surface area contributed by atoms with Crippen LogP contribution in [0, 0.1) is 46.3 Å². The number of hydrogen-bond acceptors (Lipinski definition) is 1.